The molecule has 1 saturated carbocycles. The van der Waals surface area contributed by atoms with Crippen LogP contribution in [0.25, 0.3) is 0 Å². The van der Waals surface area contributed by atoms with Gasteiger partial charge in [-0.15, -0.1) is 0 Å². The number of morpholine rings is 1. The smallest absolute Gasteiger partial charge is 0.254 e. The van der Waals surface area contributed by atoms with Crippen molar-refractivity contribution in [3.8, 4) is 0 Å². The Kier molecular flexibility index (Phi) is 5.18. The van der Waals surface area contributed by atoms with Gasteiger partial charge < -0.3 is 19.9 Å². The quantitative estimate of drug-likeness (QED) is 0.926. The second kappa shape index (κ2) is 7.32. The number of hydrogen-bond acceptors (Lipinski definition) is 4. The number of benzene rings is 1. The molecule has 1 amide bonds. The van der Waals surface area contributed by atoms with Crippen molar-refractivity contribution in [3.05, 3.63) is 24.3 Å². The fourth-order valence-corrected chi connectivity index (χ4v) is 3.52. The largest absolute Gasteiger partial charge is 0.370 e. The summed E-state index contributed by atoms with van der Waals surface area (Å²) in [6.07, 6.45) is 4.67. The van der Waals surface area contributed by atoms with E-state index in [0.717, 1.165) is 17.9 Å². The van der Waals surface area contributed by atoms with Crippen LogP contribution in [0.1, 0.15) is 25.7 Å². The van der Waals surface area contributed by atoms with Crippen molar-refractivity contribution < 1.29 is 9.53 Å². The summed E-state index contributed by atoms with van der Waals surface area (Å²) in [6.45, 7) is 2.13. The molecule has 1 unspecified atom stereocenters. The van der Waals surface area contributed by atoms with E-state index in [4.69, 9.17) is 4.74 Å². The van der Waals surface area contributed by atoms with Crippen molar-refractivity contribution in [3.63, 3.8) is 0 Å². The molecule has 2 aliphatic rings. The first-order valence-electron chi connectivity index (χ1n) is 8.58. The van der Waals surface area contributed by atoms with Gasteiger partial charge in [0.05, 0.1) is 18.0 Å². The second-order valence-corrected chi connectivity index (χ2v) is 6.68. The van der Waals surface area contributed by atoms with Crippen molar-refractivity contribution in [1.82, 2.24) is 4.90 Å². The van der Waals surface area contributed by atoms with E-state index in [-0.39, 0.29) is 5.91 Å². The third kappa shape index (κ3) is 3.85. The van der Waals surface area contributed by atoms with Crippen molar-refractivity contribution in [2.24, 2.45) is 0 Å². The highest BCUT2D eigenvalue weighted by atomic mass is 16.5. The molecule has 2 fully saturated rings. The lowest BCUT2D eigenvalue weighted by atomic mass is 10.1. The highest BCUT2D eigenvalue weighted by molar-refractivity contribution is 5.97. The maximum Gasteiger partial charge on any atom is 0.254 e. The zero-order chi connectivity index (χ0) is 16.2. The number of ether oxygens (including phenoxy) is 1. The van der Waals surface area contributed by atoms with Crippen LogP contribution < -0.4 is 10.2 Å². The number of nitrogens with one attached hydrogen (secondary N) is 1. The molecule has 1 aromatic carbocycles. The molecule has 1 saturated heterocycles. The van der Waals surface area contributed by atoms with Gasteiger partial charge in [-0.3, -0.25) is 4.79 Å². The second-order valence-electron chi connectivity index (χ2n) is 6.68. The lowest BCUT2D eigenvalue weighted by Crippen LogP contribution is -2.46. The summed E-state index contributed by atoms with van der Waals surface area (Å²) >= 11 is 0. The van der Waals surface area contributed by atoms with Gasteiger partial charge in [-0.05, 0) is 32.0 Å². The Morgan fingerprint density at radius 1 is 1.30 bits per heavy atom. The minimum absolute atomic E-state index is 0.0520. The number of nitrogens with zero attached hydrogens (tertiary/aromatic N) is 2. The average molecular weight is 317 g/mol. The summed E-state index contributed by atoms with van der Waals surface area (Å²) in [5.74, 6) is -0.0520. The third-order valence-electron chi connectivity index (χ3n) is 4.98. The molecular formula is C18H27N3O2. The van der Waals surface area contributed by atoms with E-state index < -0.39 is 6.10 Å². The summed E-state index contributed by atoms with van der Waals surface area (Å²) in [5.41, 5.74) is 1.97. The van der Waals surface area contributed by atoms with Gasteiger partial charge in [0.1, 0.15) is 6.10 Å². The number of carbonyl (C=O) groups excluding carboxylic acids is 1. The van der Waals surface area contributed by atoms with Crippen molar-refractivity contribution in [2.75, 3.05) is 44.0 Å². The van der Waals surface area contributed by atoms with Gasteiger partial charge in [-0.25, -0.2) is 0 Å². The highest BCUT2D eigenvalue weighted by Gasteiger charge is 2.26. The standard InChI is InChI=1S/C18H27N3O2/c1-20-11-12-23-17(13-20)18(22)19-15-9-5-6-10-16(15)21(2)14-7-3-4-8-14/h5-6,9-10,14,17H,3-4,7-8,11-13H2,1-2H3,(H,19,22). The van der Waals surface area contributed by atoms with Crippen LogP contribution in [0.4, 0.5) is 11.4 Å². The SMILES string of the molecule is CN1CCOC(C(=O)Nc2ccccc2N(C)C2CCCC2)C1. The molecule has 1 N–H and O–H groups in total. The monoisotopic (exact) mass is 317 g/mol. The summed E-state index contributed by atoms with van der Waals surface area (Å²) in [5, 5.41) is 3.07. The van der Waals surface area contributed by atoms with Crippen LogP contribution in [0.3, 0.4) is 0 Å². The molecule has 0 spiro atoms. The summed E-state index contributed by atoms with van der Waals surface area (Å²) < 4.78 is 5.62. The molecule has 1 aliphatic carbocycles. The number of hydrogen-bond donors (Lipinski definition) is 1. The van der Waals surface area contributed by atoms with Crippen LogP contribution >= 0.6 is 0 Å². The summed E-state index contributed by atoms with van der Waals surface area (Å²) in [6, 6.07) is 8.63. The van der Waals surface area contributed by atoms with Crippen LogP contribution in [0, 0.1) is 0 Å². The van der Waals surface area contributed by atoms with Gasteiger partial charge in [0.15, 0.2) is 0 Å². The molecule has 1 aliphatic heterocycles. The molecule has 1 atom stereocenters. The number of anilines is 2. The Morgan fingerprint density at radius 2 is 2.04 bits per heavy atom. The van der Waals surface area contributed by atoms with Crippen LogP contribution in [-0.4, -0.2) is 56.7 Å². The number of amides is 1. The Morgan fingerprint density at radius 3 is 2.78 bits per heavy atom. The fourth-order valence-electron chi connectivity index (χ4n) is 3.52. The van der Waals surface area contributed by atoms with E-state index in [1.807, 2.05) is 25.2 Å². The third-order valence-corrected chi connectivity index (χ3v) is 4.98. The van der Waals surface area contributed by atoms with Gasteiger partial charge in [0.25, 0.3) is 5.91 Å². The predicted molar refractivity (Wildman–Crippen MR) is 93.0 cm³/mol. The van der Waals surface area contributed by atoms with Gasteiger partial charge in [-0.1, -0.05) is 25.0 Å². The molecule has 5 nitrogen and oxygen atoms in total. The molecule has 0 aromatic heterocycles. The molecule has 1 heterocycles. The van der Waals surface area contributed by atoms with E-state index in [1.165, 1.54) is 25.7 Å². The lowest BCUT2D eigenvalue weighted by Gasteiger charge is -2.31. The van der Waals surface area contributed by atoms with E-state index in [2.05, 4.69) is 28.2 Å². The van der Waals surface area contributed by atoms with Gasteiger partial charge >= 0.3 is 0 Å². The number of para-hydroxylation sites is 2. The molecule has 1 aromatic rings. The predicted octanol–water partition coefficient (Wildman–Crippen LogP) is 2.33. The topological polar surface area (TPSA) is 44.8 Å². The normalized spacial score (nSPS) is 23.0. The average Bonchev–Trinajstić information content (AvgIpc) is 3.09. The Hall–Kier alpha value is -1.59. The lowest BCUT2D eigenvalue weighted by molar-refractivity contribution is -0.132. The van der Waals surface area contributed by atoms with Crippen LogP contribution in [0.5, 0.6) is 0 Å². The number of carbonyl (C=O) groups is 1. The van der Waals surface area contributed by atoms with Crippen LogP contribution in [0.15, 0.2) is 24.3 Å². The first-order valence-corrected chi connectivity index (χ1v) is 8.58. The zero-order valence-corrected chi connectivity index (χ0v) is 14.1. The molecule has 0 radical (unpaired) electrons. The summed E-state index contributed by atoms with van der Waals surface area (Å²) in [4.78, 5) is 17.0. The minimum Gasteiger partial charge on any atom is -0.370 e. The molecule has 0 bridgehead atoms. The molecule has 3 rings (SSSR count). The Labute approximate surface area is 138 Å². The Bertz CT molecular complexity index is 543. The maximum atomic E-state index is 12.5. The van der Waals surface area contributed by atoms with Gasteiger partial charge in [-0.2, -0.15) is 0 Å². The molecular weight excluding hydrogens is 290 g/mol. The first kappa shape index (κ1) is 16.3. The fraction of sp³-hybridized carbons (Fsp3) is 0.611. The molecule has 23 heavy (non-hydrogen) atoms. The zero-order valence-electron chi connectivity index (χ0n) is 14.1. The first-order chi connectivity index (χ1) is 11.1. The van der Waals surface area contributed by atoms with E-state index in [0.29, 0.717) is 19.2 Å². The van der Waals surface area contributed by atoms with Crippen LogP contribution in [0.2, 0.25) is 0 Å². The van der Waals surface area contributed by atoms with E-state index in [1.54, 1.807) is 0 Å². The maximum absolute atomic E-state index is 12.5. The Balaban J connectivity index is 1.71. The van der Waals surface area contributed by atoms with E-state index in [9.17, 15) is 4.79 Å². The minimum atomic E-state index is -0.390. The highest BCUT2D eigenvalue weighted by Crippen LogP contribution is 2.31. The van der Waals surface area contributed by atoms with Crippen molar-refractivity contribution in [1.29, 1.82) is 0 Å². The molecule has 126 valence electrons. The number of likely N-dealkylation sites (N-methyl/N-ethyl adjacent to an activating group) is 1. The van der Waals surface area contributed by atoms with Gasteiger partial charge in [0, 0.05) is 26.2 Å². The van der Waals surface area contributed by atoms with E-state index >= 15 is 0 Å². The van der Waals surface area contributed by atoms with Crippen molar-refractivity contribution in [2.45, 2.75) is 37.8 Å². The van der Waals surface area contributed by atoms with Gasteiger partial charge in [0.2, 0.25) is 0 Å². The molecule has 5 heteroatoms. The number of rotatable bonds is 4. The summed E-state index contributed by atoms with van der Waals surface area (Å²) in [7, 11) is 4.15. The van der Waals surface area contributed by atoms with Crippen molar-refractivity contribution >= 4 is 17.3 Å². The van der Waals surface area contributed by atoms with Crippen LogP contribution in [-0.2, 0) is 9.53 Å².